The van der Waals surface area contributed by atoms with Gasteiger partial charge in [-0.3, -0.25) is 0 Å². The van der Waals surface area contributed by atoms with Crippen molar-refractivity contribution in [2.24, 2.45) is 0 Å². The highest BCUT2D eigenvalue weighted by atomic mass is 14.1. The molecule has 0 saturated carbocycles. The van der Waals surface area contributed by atoms with Crippen molar-refractivity contribution < 1.29 is 0 Å². The van der Waals surface area contributed by atoms with Gasteiger partial charge in [0, 0.05) is 0 Å². The van der Waals surface area contributed by atoms with Crippen molar-refractivity contribution in [3.63, 3.8) is 0 Å². The minimum absolute atomic E-state index is 1.12. The van der Waals surface area contributed by atoms with E-state index in [0.717, 1.165) is 5.57 Å². The second-order valence-electron chi connectivity index (χ2n) is 7.46. The number of hydrogen-bond donors (Lipinski definition) is 0. The Kier molecular flexibility index (Phi) is 6.40. The summed E-state index contributed by atoms with van der Waals surface area (Å²) in [5.41, 5.74) is 9.60. The van der Waals surface area contributed by atoms with Crippen LogP contribution in [0.1, 0.15) is 12.5 Å². The van der Waals surface area contributed by atoms with Gasteiger partial charge in [-0.15, -0.1) is 0 Å². The van der Waals surface area contributed by atoms with E-state index in [1.807, 2.05) is 25.2 Å². The molecule has 0 heteroatoms. The smallest absolute Gasteiger partial charge is 0.0178 e. The molecule has 0 unspecified atom stereocenters. The van der Waals surface area contributed by atoms with Crippen LogP contribution in [0.2, 0.25) is 0 Å². The van der Waals surface area contributed by atoms with Gasteiger partial charge in [-0.2, -0.15) is 0 Å². The van der Waals surface area contributed by atoms with Gasteiger partial charge in [-0.1, -0.05) is 116 Å². The van der Waals surface area contributed by atoms with Crippen LogP contribution in [0.3, 0.4) is 0 Å². The van der Waals surface area contributed by atoms with E-state index in [9.17, 15) is 0 Å². The molecule has 4 rings (SSSR count). The normalized spacial score (nSPS) is 11.6. The predicted molar refractivity (Wildman–Crippen MR) is 136 cm³/mol. The van der Waals surface area contributed by atoms with Gasteiger partial charge in [0.15, 0.2) is 0 Å². The average Bonchev–Trinajstić information content (AvgIpc) is 2.85. The molecule has 0 saturated heterocycles. The molecule has 0 aliphatic rings. The fourth-order valence-corrected chi connectivity index (χ4v) is 3.75. The SMILES string of the molecule is C=C/C(=C\C=C/C)c1cccc(-c2cccc(-c3cccc(-c4ccccc4)c3)c2)c1. The molecule has 0 heterocycles. The van der Waals surface area contributed by atoms with Gasteiger partial charge in [0.25, 0.3) is 0 Å². The molecule has 0 atom stereocenters. The highest BCUT2D eigenvalue weighted by Crippen LogP contribution is 2.30. The summed E-state index contributed by atoms with van der Waals surface area (Å²) in [5, 5.41) is 0. The van der Waals surface area contributed by atoms with Gasteiger partial charge in [-0.25, -0.2) is 0 Å². The summed E-state index contributed by atoms with van der Waals surface area (Å²) in [6.45, 7) is 6.00. The Labute approximate surface area is 185 Å². The summed E-state index contributed by atoms with van der Waals surface area (Å²) < 4.78 is 0. The Morgan fingerprint density at radius 3 is 1.61 bits per heavy atom. The Hall–Kier alpha value is -3.90. The van der Waals surface area contributed by atoms with Crippen LogP contribution >= 0.6 is 0 Å². The standard InChI is InChI=1S/C31H26/c1-3-5-12-24(4-2)26-15-9-17-28(21-26)30-19-11-20-31(23-30)29-18-10-16-27(22-29)25-13-7-6-8-14-25/h3-23H,2H2,1H3/b5-3-,24-12+. The summed E-state index contributed by atoms with van der Waals surface area (Å²) in [6, 6.07) is 36.7. The third-order valence-corrected chi connectivity index (χ3v) is 5.38. The Bertz CT molecular complexity index is 1240. The zero-order valence-electron chi connectivity index (χ0n) is 17.8. The summed E-state index contributed by atoms with van der Waals surface area (Å²) in [7, 11) is 0. The summed E-state index contributed by atoms with van der Waals surface area (Å²) in [5.74, 6) is 0. The second kappa shape index (κ2) is 9.73. The third-order valence-electron chi connectivity index (χ3n) is 5.38. The molecule has 0 aliphatic heterocycles. The first kappa shape index (κ1) is 20.4. The van der Waals surface area contributed by atoms with E-state index in [2.05, 4.69) is 116 Å². The van der Waals surface area contributed by atoms with E-state index in [-0.39, 0.29) is 0 Å². The molecule has 0 spiro atoms. The molecule has 0 N–H and O–H groups in total. The minimum atomic E-state index is 1.12. The molecule has 0 radical (unpaired) electrons. The van der Waals surface area contributed by atoms with Crippen LogP contribution in [-0.2, 0) is 0 Å². The lowest BCUT2D eigenvalue weighted by Gasteiger charge is -2.10. The monoisotopic (exact) mass is 398 g/mol. The van der Waals surface area contributed by atoms with Gasteiger partial charge in [-0.05, 0) is 69.6 Å². The lowest BCUT2D eigenvalue weighted by Crippen LogP contribution is -1.85. The molecule has 4 aromatic carbocycles. The zero-order valence-corrected chi connectivity index (χ0v) is 17.8. The van der Waals surface area contributed by atoms with Gasteiger partial charge in [0.05, 0.1) is 0 Å². The van der Waals surface area contributed by atoms with Gasteiger partial charge in [0.1, 0.15) is 0 Å². The molecular weight excluding hydrogens is 372 g/mol. The summed E-state index contributed by atoms with van der Waals surface area (Å²) in [6.07, 6.45) is 8.08. The van der Waals surface area contributed by atoms with Crippen molar-refractivity contribution in [3.05, 3.63) is 140 Å². The van der Waals surface area contributed by atoms with Crippen LogP contribution in [0.5, 0.6) is 0 Å². The second-order valence-corrected chi connectivity index (χ2v) is 7.46. The largest absolute Gasteiger partial charge is 0.0984 e. The fraction of sp³-hybridized carbons (Fsp3) is 0.0323. The third kappa shape index (κ3) is 4.82. The fourth-order valence-electron chi connectivity index (χ4n) is 3.75. The zero-order chi connectivity index (χ0) is 21.5. The van der Waals surface area contributed by atoms with Crippen molar-refractivity contribution in [1.82, 2.24) is 0 Å². The highest BCUT2D eigenvalue weighted by Gasteiger charge is 2.05. The van der Waals surface area contributed by atoms with E-state index < -0.39 is 0 Å². The molecule has 0 nitrogen and oxygen atoms in total. The molecule has 0 aliphatic carbocycles. The molecule has 4 aromatic rings. The van der Waals surface area contributed by atoms with Crippen molar-refractivity contribution in [2.45, 2.75) is 6.92 Å². The maximum atomic E-state index is 3.98. The molecule has 0 fully saturated rings. The number of hydrogen-bond acceptors (Lipinski definition) is 0. The van der Waals surface area contributed by atoms with Crippen LogP contribution in [0.15, 0.2) is 134 Å². The van der Waals surface area contributed by atoms with E-state index in [1.165, 1.54) is 38.9 Å². The molecule has 31 heavy (non-hydrogen) atoms. The van der Waals surface area contributed by atoms with Crippen LogP contribution < -0.4 is 0 Å². The van der Waals surface area contributed by atoms with Crippen molar-refractivity contribution >= 4 is 5.57 Å². The molecule has 0 aromatic heterocycles. The first-order valence-electron chi connectivity index (χ1n) is 10.6. The Balaban J connectivity index is 1.70. The number of rotatable bonds is 6. The van der Waals surface area contributed by atoms with Crippen molar-refractivity contribution in [3.8, 4) is 33.4 Å². The Morgan fingerprint density at radius 2 is 1.06 bits per heavy atom. The quantitative estimate of drug-likeness (QED) is 0.285. The number of benzene rings is 4. The molecular formula is C31H26. The van der Waals surface area contributed by atoms with Crippen molar-refractivity contribution in [2.75, 3.05) is 0 Å². The van der Waals surface area contributed by atoms with Crippen LogP contribution in [-0.4, -0.2) is 0 Å². The first-order valence-corrected chi connectivity index (χ1v) is 10.6. The van der Waals surface area contributed by atoms with Gasteiger partial charge >= 0.3 is 0 Å². The lowest BCUT2D eigenvalue weighted by atomic mass is 9.95. The van der Waals surface area contributed by atoms with Gasteiger partial charge < -0.3 is 0 Å². The van der Waals surface area contributed by atoms with Crippen LogP contribution in [0.4, 0.5) is 0 Å². The summed E-state index contributed by atoms with van der Waals surface area (Å²) >= 11 is 0. The molecule has 0 amide bonds. The highest BCUT2D eigenvalue weighted by molar-refractivity contribution is 5.80. The lowest BCUT2D eigenvalue weighted by molar-refractivity contribution is 1.56. The van der Waals surface area contributed by atoms with Crippen molar-refractivity contribution in [1.29, 1.82) is 0 Å². The van der Waals surface area contributed by atoms with E-state index in [0.29, 0.717) is 0 Å². The van der Waals surface area contributed by atoms with E-state index in [1.54, 1.807) is 0 Å². The Morgan fingerprint density at radius 1 is 0.581 bits per heavy atom. The topological polar surface area (TPSA) is 0 Å². The number of allylic oxidation sites excluding steroid dienone is 5. The predicted octanol–water partition coefficient (Wildman–Crippen LogP) is 8.83. The van der Waals surface area contributed by atoms with Crippen LogP contribution in [0.25, 0.3) is 39.0 Å². The minimum Gasteiger partial charge on any atom is -0.0984 e. The average molecular weight is 399 g/mol. The van der Waals surface area contributed by atoms with Crippen LogP contribution in [0, 0.1) is 0 Å². The molecule has 150 valence electrons. The summed E-state index contributed by atoms with van der Waals surface area (Å²) in [4.78, 5) is 0. The maximum absolute atomic E-state index is 3.98. The molecule has 0 bridgehead atoms. The van der Waals surface area contributed by atoms with Gasteiger partial charge in [0.2, 0.25) is 0 Å². The first-order chi connectivity index (χ1) is 15.3. The maximum Gasteiger partial charge on any atom is -0.0178 e. The van der Waals surface area contributed by atoms with E-state index >= 15 is 0 Å². The van der Waals surface area contributed by atoms with E-state index in [4.69, 9.17) is 0 Å².